The van der Waals surface area contributed by atoms with E-state index in [4.69, 9.17) is 0 Å². The molecule has 7 nitrogen and oxygen atoms in total. The number of amides is 2. The molecule has 8 heteroatoms. The summed E-state index contributed by atoms with van der Waals surface area (Å²) in [6.45, 7) is 7.93. The Labute approximate surface area is 197 Å². The highest BCUT2D eigenvalue weighted by molar-refractivity contribution is 7.92. The summed E-state index contributed by atoms with van der Waals surface area (Å²) < 4.78 is 26.4. The van der Waals surface area contributed by atoms with E-state index < -0.39 is 22.0 Å². The molecule has 2 rings (SSSR count). The fraction of sp³-hybridized carbons (Fsp3) is 0.440. The van der Waals surface area contributed by atoms with E-state index in [0.717, 1.165) is 33.7 Å². The van der Waals surface area contributed by atoms with E-state index in [1.165, 1.54) is 4.90 Å². The van der Waals surface area contributed by atoms with Crippen molar-refractivity contribution in [2.75, 3.05) is 23.7 Å². The minimum Gasteiger partial charge on any atom is -0.354 e. The average Bonchev–Trinajstić information content (AvgIpc) is 2.77. The van der Waals surface area contributed by atoms with Gasteiger partial charge in [-0.2, -0.15) is 0 Å². The molecule has 1 atom stereocenters. The van der Waals surface area contributed by atoms with Crippen molar-refractivity contribution in [3.63, 3.8) is 0 Å². The third-order valence-corrected chi connectivity index (χ3v) is 6.60. The number of sulfonamides is 1. The highest BCUT2D eigenvalue weighted by atomic mass is 32.2. The van der Waals surface area contributed by atoms with Crippen LogP contribution in [0, 0.1) is 13.8 Å². The third kappa shape index (κ3) is 7.32. The van der Waals surface area contributed by atoms with Crippen LogP contribution in [0.1, 0.15) is 43.4 Å². The molecular weight excluding hydrogens is 438 g/mol. The van der Waals surface area contributed by atoms with Crippen molar-refractivity contribution in [1.82, 2.24) is 10.2 Å². The number of hydrogen-bond donors (Lipinski definition) is 1. The highest BCUT2D eigenvalue weighted by Crippen LogP contribution is 2.23. The second kappa shape index (κ2) is 11.8. The number of carbonyl (C=O) groups is 2. The Balaban J connectivity index is 2.42. The number of para-hydroxylation sites is 1. The van der Waals surface area contributed by atoms with Crippen LogP contribution >= 0.6 is 0 Å². The molecule has 1 N–H and O–H groups in total. The van der Waals surface area contributed by atoms with Gasteiger partial charge in [-0.05, 0) is 43.9 Å². The van der Waals surface area contributed by atoms with Crippen LogP contribution in [0.4, 0.5) is 5.69 Å². The van der Waals surface area contributed by atoms with E-state index in [0.29, 0.717) is 18.7 Å². The standard InChI is InChI=1S/C25H35N3O4S/c1-6-16-26-25(30)22(7-2)27(17-21-14-12-19(3)13-15-21)24(29)18-28(33(5,31)32)23-11-9-8-10-20(23)4/h8-15,22H,6-7,16-18H2,1-5H3,(H,26,30)/t22-/m1/s1. The molecule has 0 saturated heterocycles. The van der Waals surface area contributed by atoms with Crippen molar-refractivity contribution < 1.29 is 18.0 Å². The van der Waals surface area contributed by atoms with Crippen molar-refractivity contribution in [3.8, 4) is 0 Å². The van der Waals surface area contributed by atoms with Crippen LogP contribution in [-0.2, 0) is 26.2 Å². The Morgan fingerprint density at radius 1 is 1.00 bits per heavy atom. The first-order chi connectivity index (χ1) is 15.6. The van der Waals surface area contributed by atoms with Crippen molar-refractivity contribution in [2.45, 2.75) is 53.1 Å². The average molecular weight is 474 g/mol. The normalized spacial score (nSPS) is 12.2. The maximum Gasteiger partial charge on any atom is 0.244 e. The summed E-state index contributed by atoms with van der Waals surface area (Å²) >= 11 is 0. The summed E-state index contributed by atoms with van der Waals surface area (Å²) in [5.74, 6) is -0.663. The van der Waals surface area contributed by atoms with Gasteiger partial charge in [-0.3, -0.25) is 13.9 Å². The number of hydrogen-bond acceptors (Lipinski definition) is 4. The first-order valence-electron chi connectivity index (χ1n) is 11.2. The zero-order valence-corrected chi connectivity index (χ0v) is 21.0. The van der Waals surface area contributed by atoms with E-state index in [2.05, 4.69) is 5.32 Å². The molecule has 0 aliphatic carbocycles. The van der Waals surface area contributed by atoms with Gasteiger partial charge in [-0.15, -0.1) is 0 Å². The van der Waals surface area contributed by atoms with Gasteiger partial charge in [-0.25, -0.2) is 8.42 Å². The molecule has 0 aromatic heterocycles. The van der Waals surface area contributed by atoms with Gasteiger partial charge in [0, 0.05) is 13.1 Å². The zero-order valence-electron chi connectivity index (χ0n) is 20.2. The van der Waals surface area contributed by atoms with E-state index >= 15 is 0 Å². The molecule has 0 aliphatic rings. The van der Waals surface area contributed by atoms with Crippen molar-refractivity contribution >= 4 is 27.5 Å². The Bertz CT molecular complexity index is 1050. The van der Waals surface area contributed by atoms with Crippen LogP contribution < -0.4 is 9.62 Å². The molecule has 180 valence electrons. The van der Waals surface area contributed by atoms with Crippen LogP contribution in [0.3, 0.4) is 0 Å². The minimum atomic E-state index is -3.73. The predicted molar refractivity (Wildman–Crippen MR) is 132 cm³/mol. The summed E-state index contributed by atoms with van der Waals surface area (Å²) in [5, 5.41) is 2.87. The van der Waals surface area contributed by atoms with E-state index in [1.54, 1.807) is 25.1 Å². The van der Waals surface area contributed by atoms with Gasteiger partial charge in [-0.1, -0.05) is 61.9 Å². The van der Waals surface area contributed by atoms with Crippen molar-refractivity contribution in [1.29, 1.82) is 0 Å². The lowest BCUT2D eigenvalue weighted by Gasteiger charge is -2.33. The Hall–Kier alpha value is -2.87. The number of nitrogens with zero attached hydrogens (tertiary/aromatic N) is 2. The smallest absolute Gasteiger partial charge is 0.244 e. The third-order valence-electron chi connectivity index (χ3n) is 5.47. The van der Waals surface area contributed by atoms with Crippen LogP contribution in [0.15, 0.2) is 48.5 Å². The summed E-state index contributed by atoms with van der Waals surface area (Å²) in [6, 6.07) is 14.1. The largest absolute Gasteiger partial charge is 0.354 e. The summed E-state index contributed by atoms with van der Waals surface area (Å²) in [7, 11) is -3.73. The van der Waals surface area contributed by atoms with E-state index in [1.807, 2.05) is 51.1 Å². The second-order valence-corrected chi connectivity index (χ2v) is 10.2. The zero-order chi connectivity index (χ0) is 24.6. The number of rotatable bonds is 11. The van der Waals surface area contributed by atoms with Crippen LogP contribution in [-0.4, -0.2) is 50.5 Å². The summed E-state index contributed by atoms with van der Waals surface area (Å²) in [6.07, 6.45) is 2.28. The summed E-state index contributed by atoms with van der Waals surface area (Å²) in [4.78, 5) is 28.0. The lowest BCUT2D eigenvalue weighted by atomic mass is 10.1. The topological polar surface area (TPSA) is 86.8 Å². The molecule has 33 heavy (non-hydrogen) atoms. The maximum atomic E-state index is 13.6. The number of anilines is 1. The molecule has 0 heterocycles. The molecule has 0 radical (unpaired) electrons. The van der Waals surface area contributed by atoms with E-state index in [9.17, 15) is 18.0 Å². The van der Waals surface area contributed by atoms with Gasteiger partial charge < -0.3 is 10.2 Å². The lowest BCUT2D eigenvalue weighted by molar-refractivity contribution is -0.140. The van der Waals surface area contributed by atoms with Gasteiger partial charge in [0.1, 0.15) is 12.6 Å². The number of aryl methyl sites for hydroxylation is 2. The highest BCUT2D eigenvalue weighted by Gasteiger charge is 2.31. The predicted octanol–water partition coefficient (Wildman–Crippen LogP) is 3.40. The number of benzene rings is 2. The minimum absolute atomic E-state index is 0.211. The lowest BCUT2D eigenvalue weighted by Crippen LogP contribution is -2.52. The van der Waals surface area contributed by atoms with Gasteiger partial charge in [0.05, 0.1) is 11.9 Å². The van der Waals surface area contributed by atoms with E-state index in [-0.39, 0.29) is 19.0 Å². The molecule has 0 fully saturated rings. The fourth-order valence-electron chi connectivity index (χ4n) is 3.61. The SMILES string of the molecule is CCCNC(=O)[C@@H](CC)N(Cc1ccc(C)cc1)C(=O)CN(c1ccccc1C)S(C)(=O)=O. The molecule has 0 saturated carbocycles. The molecule has 0 spiro atoms. The quantitative estimate of drug-likeness (QED) is 0.542. The van der Waals surface area contributed by atoms with Gasteiger partial charge in [0.25, 0.3) is 0 Å². The number of carbonyl (C=O) groups excluding carboxylic acids is 2. The molecule has 0 bridgehead atoms. The first-order valence-corrected chi connectivity index (χ1v) is 13.1. The monoisotopic (exact) mass is 473 g/mol. The Kier molecular flexibility index (Phi) is 9.46. The van der Waals surface area contributed by atoms with Crippen molar-refractivity contribution in [2.24, 2.45) is 0 Å². The molecule has 0 aliphatic heterocycles. The van der Waals surface area contributed by atoms with Crippen LogP contribution in [0.25, 0.3) is 0 Å². The Morgan fingerprint density at radius 2 is 1.64 bits per heavy atom. The molecule has 2 amide bonds. The van der Waals surface area contributed by atoms with Crippen LogP contribution in [0.5, 0.6) is 0 Å². The molecule has 2 aromatic rings. The molecule has 0 unspecified atom stereocenters. The van der Waals surface area contributed by atoms with Gasteiger partial charge in [0.15, 0.2) is 0 Å². The van der Waals surface area contributed by atoms with Gasteiger partial charge >= 0.3 is 0 Å². The fourth-order valence-corrected chi connectivity index (χ4v) is 4.52. The van der Waals surface area contributed by atoms with Crippen molar-refractivity contribution in [3.05, 3.63) is 65.2 Å². The number of nitrogens with one attached hydrogen (secondary N) is 1. The Morgan fingerprint density at radius 3 is 2.18 bits per heavy atom. The summed E-state index contributed by atoms with van der Waals surface area (Å²) in [5.41, 5.74) is 3.16. The molecular formula is C25H35N3O4S. The van der Waals surface area contributed by atoms with Crippen LogP contribution in [0.2, 0.25) is 0 Å². The second-order valence-electron chi connectivity index (χ2n) is 8.28. The molecule has 2 aromatic carbocycles. The van der Waals surface area contributed by atoms with Gasteiger partial charge in [0.2, 0.25) is 21.8 Å². The maximum absolute atomic E-state index is 13.6. The first kappa shape index (κ1) is 26.4.